The molecule has 1 heteroatoms. The number of aldehydes is 1. The molecule has 0 saturated heterocycles. The Hall–Kier alpha value is -3.15. The van der Waals surface area contributed by atoms with Crippen LogP contribution in [0, 0.1) is 6.92 Å². The molecule has 114 valence electrons. The van der Waals surface area contributed by atoms with Crippen molar-refractivity contribution in [1.29, 1.82) is 0 Å². The van der Waals surface area contributed by atoms with Crippen LogP contribution in [0.5, 0.6) is 0 Å². The lowest BCUT2D eigenvalue weighted by atomic mass is 9.94. The van der Waals surface area contributed by atoms with Crippen LogP contribution in [0.2, 0.25) is 0 Å². The van der Waals surface area contributed by atoms with E-state index in [2.05, 4.69) is 55.1 Å². The topological polar surface area (TPSA) is 17.1 Å². The fourth-order valence-corrected chi connectivity index (χ4v) is 3.36. The molecule has 0 unspecified atom stereocenters. The van der Waals surface area contributed by atoms with E-state index >= 15 is 0 Å². The smallest absolute Gasteiger partial charge is 0.151 e. The fraction of sp³-hybridized carbons (Fsp3) is 0.0435. The van der Waals surface area contributed by atoms with Crippen molar-refractivity contribution in [2.24, 2.45) is 0 Å². The standard InChI is InChI=1S/C23H16O/c1-16-7-4-12-20-18(16)11-6-14-22(20)23-13-5-8-17(15-24)19-9-2-3-10-21(19)23/h2-4,6-15H,1H3. The number of hydrogen-bond donors (Lipinski definition) is 0. The predicted molar refractivity (Wildman–Crippen MR) is 99.0 cm³/mol. The first-order valence-electron chi connectivity index (χ1n) is 7.99. The first kappa shape index (κ1) is 14.4. The highest BCUT2D eigenvalue weighted by Gasteiger charge is 2.09. The van der Waals surface area contributed by atoms with Crippen LogP contribution >= 0.6 is 0 Å². The maximum Gasteiger partial charge on any atom is 0.151 e. The lowest BCUT2D eigenvalue weighted by Crippen LogP contribution is -2.28. The molecule has 0 saturated carbocycles. The molecule has 24 heavy (non-hydrogen) atoms. The second-order valence-corrected chi connectivity index (χ2v) is 5.96. The van der Waals surface area contributed by atoms with Crippen molar-refractivity contribution in [1.82, 2.24) is 0 Å². The summed E-state index contributed by atoms with van der Waals surface area (Å²) in [7, 11) is 0. The number of aryl methyl sites for hydroxylation is 1. The van der Waals surface area contributed by atoms with E-state index in [1.807, 2.05) is 24.3 Å². The van der Waals surface area contributed by atoms with E-state index in [-0.39, 0.29) is 0 Å². The van der Waals surface area contributed by atoms with E-state index in [0.717, 1.165) is 27.9 Å². The Labute approximate surface area is 140 Å². The number of benzene rings is 3. The maximum atomic E-state index is 11.4. The first-order valence-corrected chi connectivity index (χ1v) is 7.99. The van der Waals surface area contributed by atoms with Crippen LogP contribution in [0.25, 0.3) is 21.9 Å². The van der Waals surface area contributed by atoms with Crippen molar-refractivity contribution >= 4 is 28.2 Å². The Morgan fingerprint density at radius 2 is 1.54 bits per heavy atom. The lowest BCUT2D eigenvalue weighted by molar-refractivity contribution is -0.103. The average Bonchev–Trinajstić information content (AvgIpc) is 2.81. The number of carbonyl (C=O) groups excluding carboxylic acids is 1. The van der Waals surface area contributed by atoms with Crippen molar-refractivity contribution in [2.75, 3.05) is 0 Å². The van der Waals surface area contributed by atoms with Crippen molar-refractivity contribution in [3.8, 4) is 0 Å². The number of fused-ring (bicyclic) bond motifs is 2. The zero-order chi connectivity index (χ0) is 16.5. The molecular formula is C23H16O. The van der Waals surface area contributed by atoms with Crippen LogP contribution in [0.1, 0.15) is 11.1 Å². The van der Waals surface area contributed by atoms with Crippen molar-refractivity contribution in [3.63, 3.8) is 0 Å². The Balaban J connectivity index is 2.21. The van der Waals surface area contributed by atoms with Gasteiger partial charge >= 0.3 is 0 Å². The third-order valence-corrected chi connectivity index (χ3v) is 4.55. The van der Waals surface area contributed by atoms with Gasteiger partial charge in [0.05, 0.1) is 0 Å². The molecule has 4 rings (SSSR count). The van der Waals surface area contributed by atoms with Gasteiger partial charge in [-0.15, -0.1) is 5.73 Å². The molecule has 1 aliphatic carbocycles. The van der Waals surface area contributed by atoms with Crippen molar-refractivity contribution < 1.29 is 4.79 Å². The monoisotopic (exact) mass is 308 g/mol. The second kappa shape index (κ2) is 5.81. The predicted octanol–water partition coefficient (Wildman–Crippen LogP) is 3.42. The Morgan fingerprint density at radius 3 is 2.38 bits per heavy atom. The van der Waals surface area contributed by atoms with Crippen LogP contribution in [-0.2, 0) is 4.79 Å². The third-order valence-electron chi connectivity index (χ3n) is 4.55. The summed E-state index contributed by atoms with van der Waals surface area (Å²) in [5.74, 6) is 0. The molecule has 0 aromatic heterocycles. The van der Waals surface area contributed by atoms with Gasteiger partial charge in [-0.05, 0) is 57.0 Å². The van der Waals surface area contributed by atoms with Crippen LogP contribution in [0.15, 0.2) is 78.5 Å². The minimum Gasteiger partial charge on any atom is -0.298 e. The molecular weight excluding hydrogens is 292 g/mol. The molecule has 3 aromatic carbocycles. The summed E-state index contributed by atoms with van der Waals surface area (Å²) < 4.78 is 0. The molecule has 0 N–H and O–H groups in total. The van der Waals surface area contributed by atoms with Gasteiger partial charge in [-0.3, -0.25) is 4.79 Å². The van der Waals surface area contributed by atoms with E-state index in [1.54, 1.807) is 6.08 Å². The summed E-state index contributed by atoms with van der Waals surface area (Å²) in [5.41, 5.74) is 7.34. The maximum absolute atomic E-state index is 11.4. The summed E-state index contributed by atoms with van der Waals surface area (Å²) in [6.07, 6.45) is 4.64. The largest absolute Gasteiger partial charge is 0.298 e. The number of allylic oxidation sites excluding steroid dienone is 1. The highest BCUT2D eigenvalue weighted by atomic mass is 16.1. The van der Waals surface area contributed by atoms with Crippen LogP contribution in [-0.4, -0.2) is 6.29 Å². The molecule has 0 aliphatic heterocycles. The van der Waals surface area contributed by atoms with Gasteiger partial charge < -0.3 is 0 Å². The van der Waals surface area contributed by atoms with E-state index in [0.29, 0.717) is 5.57 Å². The highest BCUT2D eigenvalue weighted by molar-refractivity contribution is 6.04. The van der Waals surface area contributed by atoms with E-state index in [1.165, 1.54) is 16.3 Å². The molecule has 0 bridgehead atoms. The molecule has 0 fully saturated rings. The van der Waals surface area contributed by atoms with Crippen LogP contribution in [0.4, 0.5) is 0 Å². The molecule has 0 amide bonds. The Morgan fingerprint density at radius 1 is 0.792 bits per heavy atom. The minimum atomic E-state index is 0.660. The molecule has 0 radical (unpaired) electrons. The highest BCUT2D eigenvalue weighted by Crippen LogP contribution is 2.26. The van der Waals surface area contributed by atoms with Gasteiger partial charge in [0.2, 0.25) is 0 Å². The Bertz CT molecular complexity index is 1160. The average molecular weight is 308 g/mol. The summed E-state index contributed by atoms with van der Waals surface area (Å²) in [6, 6.07) is 20.8. The molecule has 0 heterocycles. The zero-order valence-electron chi connectivity index (χ0n) is 13.4. The van der Waals surface area contributed by atoms with Crippen molar-refractivity contribution in [2.45, 2.75) is 6.92 Å². The van der Waals surface area contributed by atoms with Crippen LogP contribution < -0.4 is 10.4 Å². The number of carbonyl (C=O) groups is 1. The quantitative estimate of drug-likeness (QED) is 0.524. The lowest BCUT2D eigenvalue weighted by Gasteiger charge is -2.09. The van der Waals surface area contributed by atoms with Gasteiger partial charge in [0.1, 0.15) is 0 Å². The van der Waals surface area contributed by atoms with Gasteiger partial charge in [0.15, 0.2) is 6.29 Å². The third kappa shape index (κ3) is 2.23. The van der Waals surface area contributed by atoms with Crippen molar-refractivity contribution in [3.05, 3.63) is 100 Å². The van der Waals surface area contributed by atoms with Gasteiger partial charge in [-0.25, -0.2) is 0 Å². The number of hydrogen-bond acceptors (Lipinski definition) is 1. The zero-order valence-corrected chi connectivity index (χ0v) is 13.4. The molecule has 0 atom stereocenters. The number of rotatable bonds is 2. The van der Waals surface area contributed by atoms with E-state index in [4.69, 9.17) is 0 Å². The molecule has 1 aliphatic rings. The van der Waals surface area contributed by atoms with Gasteiger partial charge in [0, 0.05) is 5.57 Å². The molecule has 1 nitrogen and oxygen atoms in total. The summed E-state index contributed by atoms with van der Waals surface area (Å²) in [5, 5.41) is 4.49. The first-order chi connectivity index (χ1) is 11.8. The van der Waals surface area contributed by atoms with Gasteiger partial charge in [0.25, 0.3) is 0 Å². The fourth-order valence-electron chi connectivity index (χ4n) is 3.36. The summed E-state index contributed by atoms with van der Waals surface area (Å²) in [6.45, 7) is 2.13. The normalized spacial score (nSPS) is 13.0. The van der Waals surface area contributed by atoms with Gasteiger partial charge in [-0.2, -0.15) is 0 Å². The summed E-state index contributed by atoms with van der Waals surface area (Å²) >= 11 is 0. The van der Waals surface area contributed by atoms with Gasteiger partial charge in [-0.1, -0.05) is 60.7 Å². The van der Waals surface area contributed by atoms with Crippen LogP contribution in [0.3, 0.4) is 0 Å². The summed E-state index contributed by atoms with van der Waals surface area (Å²) in [4.78, 5) is 11.4. The Kier molecular flexibility index (Phi) is 3.49. The van der Waals surface area contributed by atoms with E-state index in [9.17, 15) is 4.79 Å². The minimum absolute atomic E-state index is 0.660. The SMILES string of the molecule is Cc1cccc2c(C3=c4ccccc4=C(C=O)C=C=C3)cccc12. The molecule has 0 spiro atoms. The second-order valence-electron chi connectivity index (χ2n) is 5.96. The van der Waals surface area contributed by atoms with E-state index < -0.39 is 0 Å². The molecule has 3 aromatic rings.